The molecule has 5 aromatic rings. The minimum Gasteiger partial charge on any atom is -0.455 e. The van der Waals surface area contributed by atoms with Gasteiger partial charge in [-0.15, -0.1) is 0 Å². The third-order valence-electron chi connectivity index (χ3n) is 13.9. The first-order valence-electron chi connectivity index (χ1n) is 23.4. The van der Waals surface area contributed by atoms with Crippen LogP contribution in [0.1, 0.15) is 132 Å². The number of para-hydroxylation sites is 1. The molecule has 350 valence electrons. The highest BCUT2D eigenvalue weighted by Gasteiger charge is 2.66. The molecule has 66 heavy (non-hydrogen) atoms. The summed E-state index contributed by atoms with van der Waals surface area (Å²) in [5, 5.41) is 8.63. The van der Waals surface area contributed by atoms with Crippen LogP contribution in [-0.2, 0) is 33.7 Å². The van der Waals surface area contributed by atoms with Crippen LogP contribution in [0.25, 0.3) is 21.3 Å². The maximum atomic E-state index is 14.2. The van der Waals surface area contributed by atoms with Gasteiger partial charge in [-0.25, -0.2) is 19.6 Å². The molecule has 1 N–H and O–H groups in total. The van der Waals surface area contributed by atoms with E-state index < -0.39 is 17.2 Å². The van der Waals surface area contributed by atoms with Crippen LogP contribution in [0.4, 0.5) is 15.7 Å². The van der Waals surface area contributed by atoms with E-state index in [9.17, 15) is 14.4 Å². The first kappa shape index (κ1) is 45.8. The van der Waals surface area contributed by atoms with Gasteiger partial charge in [0, 0.05) is 55.6 Å². The maximum absolute atomic E-state index is 14.2. The van der Waals surface area contributed by atoms with E-state index in [1.165, 1.54) is 17.8 Å². The van der Waals surface area contributed by atoms with Gasteiger partial charge in [0.15, 0.2) is 10.8 Å². The fourth-order valence-electron chi connectivity index (χ4n) is 12.6. The SMILES string of the molecule is Cc1c(-c2ccc(N3CCc4cccc(C(=O)Nc5nc6ccccc6s5)c4C3)nc2C(=O)OC(C)(C)C)cnn1CC12CC3(C)CC(C)(C1)CC(OCCN(C)C(=O)OC(C)(C)C)(C3)C2. The number of nitrogens with one attached hydrogen (secondary N) is 1. The minimum absolute atomic E-state index is 0.0336. The molecule has 4 fully saturated rings. The van der Waals surface area contributed by atoms with E-state index in [0.29, 0.717) is 54.7 Å². The van der Waals surface area contributed by atoms with E-state index in [0.717, 1.165) is 71.2 Å². The number of aromatic nitrogens is 4. The molecule has 4 heterocycles. The first-order chi connectivity index (χ1) is 31.0. The van der Waals surface area contributed by atoms with Gasteiger partial charge in [-0.1, -0.05) is 49.4 Å². The lowest BCUT2D eigenvalue weighted by molar-refractivity contribution is -0.248. The monoisotopic (exact) mass is 915 g/mol. The van der Waals surface area contributed by atoms with E-state index in [1.54, 1.807) is 11.9 Å². The van der Waals surface area contributed by atoms with Crippen LogP contribution in [0.3, 0.4) is 0 Å². The quantitative estimate of drug-likeness (QED) is 0.127. The van der Waals surface area contributed by atoms with E-state index in [-0.39, 0.29) is 39.5 Å². The predicted octanol–water partition coefficient (Wildman–Crippen LogP) is 10.6. The minimum atomic E-state index is -0.741. The number of nitrogens with zero attached hydrogens (tertiary/aromatic N) is 6. The Hall–Kier alpha value is -5.34. The Balaban J connectivity index is 0.964. The van der Waals surface area contributed by atoms with E-state index >= 15 is 0 Å². The number of fused-ring (bicyclic) bond motifs is 2. The molecule has 2 atom stereocenters. The van der Waals surface area contributed by atoms with Gasteiger partial charge in [0.2, 0.25) is 0 Å². The number of rotatable bonds is 11. The number of esters is 1. The summed E-state index contributed by atoms with van der Waals surface area (Å²) in [6, 6.07) is 17.7. The van der Waals surface area contributed by atoms with Crippen LogP contribution in [0, 0.1) is 23.2 Å². The number of likely N-dealkylation sites (N-methyl/N-ethyl adjacent to an activating group) is 1. The lowest BCUT2D eigenvalue weighted by Gasteiger charge is -2.69. The number of hydrogen-bond donors (Lipinski definition) is 1. The number of ether oxygens (including phenoxy) is 3. The Morgan fingerprint density at radius 3 is 2.29 bits per heavy atom. The van der Waals surface area contributed by atoms with Gasteiger partial charge in [-0.2, -0.15) is 5.10 Å². The van der Waals surface area contributed by atoms with Crippen molar-refractivity contribution in [1.29, 1.82) is 0 Å². The molecule has 0 radical (unpaired) electrons. The molecule has 0 saturated heterocycles. The number of benzene rings is 2. The van der Waals surface area contributed by atoms with Crippen molar-refractivity contribution < 1.29 is 28.6 Å². The zero-order chi connectivity index (χ0) is 47.0. The Morgan fingerprint density at radius 2 is 1.58 bits per heavy atom. The largest absolute Gasteiger partial charge is 0.455 e. The van der Waals surface area contributed by atoms with Gasteiger partial charge in [0.1, 0.15) is 17.0 Å². The number of pyridine rings is 1. The van der Waals surface area contributed by atoms with Crippen LogP contribution < -0.4 is 10.2 Å². The van der Waals surface area contributed by atoms with Crippen LogP contribution in [0.15, 0.2) is 60.8 Å². The van der Waals surface area contributed by atoms with Crippen LogP contribution in [0.2, 0.25) is 0 Å². The fourth-order valence-corrected chi connectivity index (χ4v) is 13.4. The van der Waals surface area contributed by atoms with Gasteiger partial charge < -0.3 is 24.0 Å². The summed E-state index contributed by atoms with van der Waals surface area (Å²) < 4.78 is 21.7. The highest BCUT2D eigenvalue weighted by molar-refractivity contribution is 7.22. The molecule has 1 aliphatic heterocycles. The van der Waals surface area contributed by atoms with E-state index in [4.69, 9.17) is 24.3 Å². The van der Waals surface area contributed by atoms with Crippen molar-refractivity contribution in [3.8, 4) is 11.1 Å². The predicted molar refractivity (Wildman–Crippen MR) is 258 cm³/mol. The van der Waals surface area contributed by atoms with E-state index in [2.05, 4.69) is 46.7 Å². The van der Waals surface area contributed by atoms with Gasteiger partial charge in [-0.05, 0) is 151 Å². The molecule has 2 amide bonds. The molecule has 2 aromatic carbocycles. The Kier molecular flexibility index (Phi) is 11.4. The second-order valence-electron chi connectivity index (χ2n) is 22.5. The van der Waals surface area contributed by atoms with Crippen LogP contribution in [0.5, 0.6) is 0 Å². The van der Waals surface area contributed by atoms with Crippen LogP contribution >= 0.6 is 11.3 Å². The first-order valence-corrected chi connectivity index (χ1v) is 24.2. The van der Waals surface area contributed by atoms with Crippen molar-refractivity contribution in [2.24, 2.45) is 16.2 Å². The van der Waals surface area contributed by atoms with Gasteiger partial charge >= 0.3 is 12.1 Å². The highest BCUT2D eigenvalue weighted by Crippen LogP contribution is 2.72. The number of thiazole rings is 1. The maximum Gasteiger partial charge on any atom is 0.410 e. The normalized spacial score (nSPS) is 24.6. The summed E-state index contributed by atoms with van der Waals surface area (Å²) in [5.41, 5.74) is 4.83. The topological polar surface area (TPSA) is 141 Å². The molecular formula is C52H65N7O6S. The van der Waals surface area contributed by atoms with Crippen molar-refractivity contribution >= 4 is 50.5 Å². The molecule has 10 rings (SSSR count). The molecule has 3 aromatic heterocycles. The van der Waals surface area contributed by atoms with Crippen molar-refractivity contribution in [2.75, 3.05) is 37.0 Å². The van der Waals surface area contributed by atoms with Crippen molar-refractivity contribution in [1.82, 2.24) is 24.6 Å². The third kappa shape index (κ3) is 9.32. The van der Waals surface area contributed by atoms with Gasteiger partial charge in [-0.3, -0.25) is 14.8 Å². The fraction of sp³-hybridized carbons (Fsp3) is 0.538. The zero-order valence-corrected chi connectivity index (χ0v) is 41.1. The zero-order valence-electron chi connectivity index (χ0n) is 40.3. The molecule has 2 unspecified atom stereocenters. The van der Waals surface area contributed by atoms with Gasteiger partial charge in [0.05, 0.1) is 28.6 Å². The molecule has 13 nitrogen and oxygen atoms in total. The Morgan fingerprint density at radius 1 is 0.848 bits per heavy atom. The summed E-state index contributed by atoms with van der Waals surface area (Å²) in [6.45, 7) is 20.9. The van der Waals surface area contributed by atoms with Crippen molar-refractivity contribution in [3.63, 3.8) is 0 Å². The number of carbonyl (C=O) groups excluding carboxylic acids is 3. The Labute approximate surface area is 392 Å². The number of anilines is 2. The lowest BCUT2D eigenvalue weighted by Crippen LogP contribution is -2.64. The Bertz CT molecular complexity index is 2660. The average molecular weight is 916 g/mol. The molecule has 14 heteroatoms. The molecule has 4 saturated carbocycles. The summed E-state index contributed by atoms with van der Waals surface area (Å²) in [6.07, 6.45) is 8.55. The number of carbonyl (C=O) groups is 3. The summed E-state index contributed by atoms with van der Waals surface area (Å²) in [7, 11) is 1.77. The van der Waals surface area contributed by atoms with Crippen molar-refractivity contribution in [2.45, 2.75) is 137 Å². The van der Waals surface area contributed by atoms with E-state index in [1.807, 2.05) is 96.3 Å². The summed E-state index contributed by atoms with van der Waals surface area (Å²) in [5.74, 6) is -0.0759. The lowest BCUT2D eigenvalue weighted by atomic mass is 9.39. The molecule has 0 spiro atoms. The molecule has 5 aliphatic rings. The molecular weight excluding hydrogens is 851 g/mol. The van der Waals surface area contributed by atoms with Gasteiger partial charge in [0.25, 0.3) is 5.91 Å². The third-order valence-corrected chi connectivity index (χ3v) is 14.9. The highest BCUT2D eigenvalue weighted by atomic mass is 32.1. The van der Waals surface area contributed by atoms with Crippen molar-refractivity contribution in [3.05, 3.63) is 88.9 Å². The molecule has 4 bridgehead atoms. The average Bonchev–Trinajstić information content (AvgIpc) is 3.78. The second kappa shape index (κ2) is 16.5. The summed E-state index contributed by atoms with van der Waals surface area (Å²) in [4.78, 5) is 54.2. The summed E-state index contributed by atoms with van der Waals surface area (Å²) >= 11 is 1.45. The number of amides is 2. The standard InChI is InChI=1S/C52H65N7O6S/c1-33-37(24-53-59(33)32-51-27-49(8)26-50(9,28-51)30-52(29-49,31-51)63-23-22-57(10)46(62)65-48(5,6)7)35-18-19-41(55-42(35)44(61)64-47(2,3)4)58-21-20-34-14-13-15-36(38(34)25-58)43(60)56-45-54-39-16-11-12-17-40(39)66-45/h11-19,24H,20-23,25-32H2,1-10H3,(H,54,56,60). The second-order valence-corrected chi connectivity index (χ2v) is 23.6. The molecule has 4 aliphatic carbocycles. The van der Waals surface area contributed by atoms with Crippen LogP contribution in [-0.4, -0.2) is 86.2 Å². The smallest absolute Gasteiger partial charge is 0.410 e. The number of hydrogen-bond acceptors (Lipinski definition) is 11.